The number of nitrogens with one attached hydrogen (secondary N) is 1. The number of benzene rings is 1. The first-order valence-corrected chi connectivity index (χ1v) is 7.50. The van der Waals surface area contributed by atoms with Crippen LogP contribution in [0.3, 0.4) is 0 Å². The highest BCUT2D eigenvalue weighted by molar-refractivity contribution is 5.30. The van der Waals surface area contributed by atoms with E-state index in [-0.39, 0.29) is 5.75 Å². The first-order chi connectivity index (χ1) is 9.97. The van der Waals surface area contributed by atoms with Crippen LogP contribution >= 0.6 is 0 Å². The molecule has 1 aliphatic carbocycles. The molecule has 1 saturated carbocycles. The zero-order chi connectivity index (χ0) is 15.3. The molecule has 1 aliphatic rings. The third-order valence-corrected chi connectivity index (χ3v) is 4.05. The van der Waals surface area contributed by atoms with Gasteiger partial charge in [-0.3, -0.25) is 0 Å². The first kappa shape index (κ1) is 16.1. The lowest BCUT2D eigenvalue weighted by Gasteiger charge is -2.29. The first-order valence-electron chi connectivity index (χ1n) is 7.50. The number of hydrogen-bond acceptors (Lipinski definition) is 2. The van der Waals surface area contributed by atoms with Crippen LogP contribution in [0.1, 0.15) is 38.2 Å². The number of rotatable bonds is 5. The molecule has 2 nitrogen and oxygen atoms in total. The zero-order valence-corrected chi connectivity index (χ0v) is 12.2. The number of alkyl halides is 3. The maximum atomic E-state index is 12.6. The van der Waals surface area contributed by atoms with E-state index in [1.165, 1.54) is 31.7 Å². The van der Waals surface area contributed by atoms with Crippen molar-refractivity contribution >= 4 is 0 Å². The summed E-state index contributed by atoms with van der Waals surface area (Å²) in [7, 11) is 0. The van der Waals surface area contributed by atoms with Gasteiger partial charge in [-0.2, -0.15) is 13.2 Å². The van der Waals surface area contributed by atoms with Crippen molar-refractivity contribution < 1.29 is 17.9 Å². The van der Waals surface area contributed by atoms with E-state index in [1.807, 2.05) is 0 Å². The molecule has 1 fully saturated rings. The van der Waals surface area contributed by atoms with Crippen LogP contribution in [-0.2, 0) is 6.18 Å². The Morgan fingerprint density at radius 2 is 2.00 bits per heavy atom. The van der Waals surface area contributed by atoms with Gasteiger partial charge in [0.1, 0.15) is 12.4 Å². The Morgan fingerprint density at radius 3 is 2.71 bits per heavy atom. The molecular weight excluding hydrogens is 279 g/mol. The molecule has 0 spiro atoms. The monoisotopic (exact) mass is 301 g/mol. The minimum absolute atomic E-state index is 0.267. The average Bonchev–Trinajstić information content (AvgIpc) is 2.45. The average molecular weight is 301 g/mol. The summed E-state index contributed by atoms with van der Waals surface area (Å²) in [6, 6.07) is 5.52. The summed E-state index contributed by atoms with van der Waals surface area (Å²) in [6.45, 7) is 3.28. The van der Waals surface area contributed by atoms with E-state index < -0.39 is 11.7 Å². The highest BCUT2D eigenvalue weighted by Crippen LogP contribution is 2.31. The van der Waals surface area contributed by atoms with Crippen molar-refractivity contribution in [3.05, 3.63) is 29.8 Å². The molecule has 0 saturated heterocycles. The lowest BCUT2D eigenvalue weighted by molar-refractivity contribution is -0.137. The predicted molar refractivity (Wildman–Crippen MR) is 76.4 cm³/mol. The predicted octanol–water partition coefficient (Wildman–Crippen LogP) is 4.25. The van der Waals surface area contributed by atoms with Gasteiger partial charge in [0.05, 0.1) is 5.56 Å². The summed E-state index contributed by atoms with van der Waals surface area (Å²) in [5, 5.41) is 3.44. The van der Waals surface area contributed by atoms with Gasteiger partial charge in [-0.25, -0.2) is 0 Å². The van der Waals surface area contributed by atoms with Gasteiger partial charge in [-0.15, -0.1) is 0 Å². The SMILES string of the molecule is CC1CCCCC1NCCOc1cccc(C(F)(F)F)c1. The zero-order valence-electron chi connectivity index (χ0n) is 12.2. The van der Waals surface area contributed by atoms with Crippen LogP contribution in [0.5, 0.6) is 5.75 Å². The molecule has 0 aliphatic heterocycles. The fourth-order valence-corrected chi connectivity index (χ4v) is 2.79. The Morgan fingerprint density at radius 1 is 1.24 bits per heavy atom. The number of hydrogen-bond donors (Lipinski definition) is 1. The van der Waals surface area contributed by atoms with Crippen molar-refractivity contribution in [3.63, 3.8) is 0 Å². The van der Waals surface area contributed by atoms with Crippen LogP contribution in [0.2, 0.25) is 0 Å². The summed E-state index contributed by atoms with van der Waals surface area (Å²) in [5.41, 5.74) is -0.672. The molecule has 2 unspecified atom stereocenters. The molecule has 1 aromatic rings. The summed E-state index contributed by atoms with van der Waals surface area (Å²) in [5.74, 6) is 0.927. The van der Waals surface area contributed by atoms with Crippen molar-refractivity contribution in [2.24, 2.45) is 5.92 Å². The maximum Gasteiger partial charge on any atom is 0.416 e. The van der Waals surface area contributed by atoms with Gasteiger partial charge in [0, 0.05) is 12.6 Å². The van der Waals surface area contributed by atoms with E-state index in [4.69, 9.17) is 4.74 Å². The molecule has 0 aromatic heterocycles. The van der Waals surface area contributed by atoms with E-state index >= 15 is 0 Å². The second-order valence-corrected chi connectivity index (χ2v) is 5.70. The molecule has 0 radical (unpaired) electrons. The second-order valence-electron chi connectivity index (χ2n) is 5.70. The summed E-state index contributed by atoms with van der Waals surface area (Å²) >= 11 is 0. The Kier molecular flexibility index (Phi) is 5.51. The van der Waals surface area contributed by atoms with Gasteiger partial charge in [0.25, 0.3) is 0 Å². The fourth-order valence-electron chi connectivity index (χ4n) is 2.79. The van der Waals surface area contributed by atoms with Crippen LogP contribution in [0, 0.1) is 5.92 Å². The molecule has 0 heterocycles. The van der Waals surface area contributed by atoms with Crippen LogP contribution in [-0.4, -0.2) is 19.2 Å². The van der Waals surface area contributed by atoms with Gasteiger partial charge in [-0.05, 0) is 37.0 Å². The third-order valence-electron chi connectivity index (χ3n) is 4.05. The maximum absolute atomic E-state index is 12.6. The van der Waals surface area contributed by atoms with Gasteiger partial charge >= 0.3 is 6.18 Å². The molecule has 21 heavy (non-hydrogen) atoms. The Bertz CT molecular complexity index is 447. The lowest BCUT2D eigenvalue weighted by Crippen LogP contribution is -2.39. The molecule has 2 rings (SSSR count). The molecule has 5 heteroatoms. The van der Waals surface area contributed by atoms with Crippen molar-refractivity contribution in [2.75, 3.05) is 13.2 Å². The smallest absolute Gasteiger partial charge is 0.416 e. The van der Waals surface area contributed by atoms with Crippen molar-refractivity contribution in [2.45, 2.75) is 44.8 Å². The largest absolute Gasteiger partial charge is 0.492 e. The van der Waals surface area contributed by atoms with Crippen LogP contribution in [0.15, 0.2) is 24.3 Å². The van der Waals surface area contributed by atoms with E-state index in [9.17, 15) is 13.2 Å². The van der Waals surface area contributed by atoms with Gasteiger partial charge < -0.3 is 10.1 Å². The lowest BCUT2D eigenvalue weighted by atomic mass is 9.86. The van der Waals surface area contributed by atoms with E-state index in [0.717, 1.165) is 12.1 Å². The van der Waals surface area contributed by atoms with Crippen LogP contribution in [0.4, 0.5) is 13.2 Å². The Balaban J connectivity index is 1.76. The highest BCUT2D eigenvalue weighted by Gasteiger charge is 2.30. The van der Waals surface area contributed by atoms with E-state index in [2.05, 4.69) is 12.2 Å². The molecule has 2 atom stereocenters. The van der Waals surface area contributed by atoms with Crippen molar-refractivity contribution in [1.82, 2.24) is 5.32 Å². The van der Waals surface area contributed by atoms with Crippen molar-refractivity contribution in [1.29, 1.82) is 0 Å². The minimum Gasteiger partial charge on any atom is -0.492 e. The normalized spacial score (nSPS) is 23.0. The van der Waals surface area contributed by atoms with Gasteiger partial charge in [0.2, 0.25) is 0 Å². The van der Waals surface area contributed by atoms with Crippen LogP contribution < -0.4 is 10.1 Å². The van der Waals surface area contributed by atoms with Gasteiger partial charge in [0.15, 0.2) is 0 Å². The molecule has 118 valence electrons. The second kappa shape index (κ2) is 7.16. The molecule has 0 bridgehead atoms. The number of halogens is 3. The summed E-state index contributed by atoms with van der Waals surface area (Å²) < 4.78 is 43.1. The quantitative estimate of drug-likeness (QED) is 0.821. The highest BCUT2D eigenvalue weighted by atomic mass is 19.4. The third kappa shape index (κ3) is 4.92. The van der Waals surface area contributed by atoms with Crippen molar-refractivity contribution in [3.8, 4) is 5.75 Å². The molecule has 1 N–H and O–H groups in total. The summed E-state index contributed by atoms with van der Waals surface area (Å²) in [6.07, 6.45) is 0.628. The van der Waals surface area contributed by atoms with Gasteiger partial charge in [-0.1, -0.05) is 25.8 Å². The Hall–Kier alpha value is -1.23. The fraction of sp³-hybridized carbons (Fsp3) is 0.625. The standard InChI is InChI=1S/C16H22F3NO/c1-12-5-2-3-8-15(12)20-9-10-21-14-7-4-6-13(11-14)16(17,18)19/h4,6-7,11-12,15,20H,2-3,5,8-10H2,1H3. The van der Waals surface area contributed by atoms with E-state index in [0.29, 0.717) is 25.1 Å². The topological polar surface area (TPSA) is 21.3 Å². The minimum atomic E-state index is -4.32. The molecular formula is C16H22F3NO. The Labute approximate surface area is 123 Å². The van der Waals surface area contributed by atoms with E-state index in [1.54, 1.807) is 6.07 Å². The molecule has 0 amide bonds. The van der Waals surface area contributed by atoms with Crippen LogP contribution in [0.25, 0.3) is 0 Å². The molecule has 1 aromatic carbocycles. The number of ether oxygens (including phenoxy) is 1. The summed E-state index contributed by atoms with van der Waals surface area (Å²) in [4.78, 5) is 0.